The molecule has 5 nitrogen and oxygen atoms in total. The van der Waals surface area contributed by atoms with Crippen molar-refractivity contribution < 1.29 is 4.74 Å². The molecule has 0 saturated heterocycles. The topological polar surface area (TPSA) is 73.1 Å². The zero-order chi connectivity index (χ0) is 14.8. The lowest BCUT2D eigenvalue weighted by molar-refractivity contribution is 0.415. The van der Waals surface area contributed by atoms with Gasteiger partial charge in [0.15, 0.2) is 0 Å². The number of halogens is 1. The molecule has 2 aromatic carbocycles. The van der Waals surface area contributed by atoms with Crippen LogP contribution in [0.4, 0.5) is 17.2 Å². The van der Waals surface area contributed by atoms with Crippen LogP contribution in [-0.2, 0) is 0 Å². The first kappa shape index (κ1) is 13.5. The Labute approximate surface area is 126 Å². The van der Waals surface area contributed by atoms with Gasteiger partial charge in [-0.3, -0.25) is 0 Å². The van der Waals surface area contributed by atoms with Crippen molar-refractivity contribution in [2.75, 3.05) is 18.2 Å². The molecule has 3 N–H and O–H groups in total. The minimum Gasteiger partial charge on any atom is -0.497 e. The monoisotopic (exact) mass is 300 g/mol. The Morgan fingerprint density at radius 1 is 1.14 bits per heavy atom. The first-order valence-electron chi connectivity index (χ1n) is 6.28. The van der Waals surface area contributed by atoms with Crippen molar-refractivity contribution in [3.63, 3.8) is 0 Å². The fourth-order valence-corrected chi connectivity index (χ4v) is 2.19. The first-order valence-corrected chi connectivity index (χ1v) is 6.66. The molecule has 6 heteroatoms. The van der Waals surface area contributed by atoms with Crippen LogP contribution in [0.5, 0.6) is 5.75 Å². The highest BCUT2D eigenvalue weighted by Gasteiger charge is 2.08. The van der Waals surface area contributed by atoms with Gasteiger partial charge in [0.2, 0.25) is 0 Å². The number of benzene rings is 2. The Morgan fingerprint density at radius 2 is 2.00 bits per heavy atom. The molecule has 0 saturated carbocycles. The molecule has 0 aliphatic rings. The average Bonchev–Trinajstić information content (AvgIpc) is 2.50. The van der Waals surface area contributed by atoms with Crippen molar-refractivity contribution in [1.29, 1.82) is 0 Å². The second kappa shape index (κ2) is 5.46. The predicted octanol–water partition coefficient (Wildman–Crippen LogP) is 3.62. The summed E-state index contributed by atoms with van der Waals surface area (Å²) in [5, 5.41) is 4.60. The minimum atomic E-state index is 0.575. The average molecular weight is 301 g/mol. The summed E-state index contributed by atoms with van der Waals surface area (Å²) in [6.45, 7) is 0. The maximum absolute atomic E-state index is 6.20. The molecule has 21 heavy (non-hydrogen) atoms. The Hall–Kier alpha value is -2.53. The van der Waals surface area contributed by atoms with E-state index in [1.807, 2.05) is 18.2 Å². The molecule has 0 aliphatic carbocycles. The van der Waals surface area contributed by atoms with Crippen LogP contribution >= 0.6 is 11.6 Å². The molecule has 0 aliphatic heterocycles. The molecule has 106 valence electrons. The summed E-state index contributed by atoms with van der Waals surface area (Å²) in [5.41, 5.74) is 8.00. The number of aromatic nitrogens is 2. The number of rotatable bonds is 3. The molecule has 3 rings (SSSR count). The molecule has 1 aromatic heterocycles. The molecule has 0 spiro atoms. The Bertz CT molecular complexity index is 807. The van der Waals surface area contributed by atoms with Crippen LogP contribution in [0.1, 0.15) is 0 Å². The summed E-state index contributed by atoms with van der Waals surface area (Å²) < 4.78 is 5.20. The van der Waals surface area contributed by atoms with E-state index in [9.17, 15) is 0 Å². The summed E-state index contributed by atoms with van der Waals surface area (Å²) in [4.78, 5) is 8.48. The number of nitrogens with two attached hydrogens (primary N) is 1. The largest absolute Gasteiger partial charge is 0.497 e. The molecule has 0 bridgehead atoms. The van der Waals surface area contributed by atoms with Crippen molar-refractivity contribution in [3.05, 3.63) is 47.7 Å². The second-order valence-corrected chi connectivity index (χ2v) is 4.88. The van der Waals surface area contributed by atoms with Crippen molar-refractivity contribution in [1.82, 2.24) is 9.97 Å². The van der Waals surface area contributed by atoms with Crippen LogP contribution in [0.15, 0.2) is 42.7 Å². The van der Waals surface area contributed by atoms with Gasteiger partial charge in [-0.05, 0) is 30.3 Å². The number of hydrogen-bond donors (Lipinski definition) is 2. The highest BCUT2D eigenvalue weighted by atomic mass is 35.5. The fraction of sp³-hybridized carbons (Fsp3) is 0.0667. The molecular weight excluding hydrogens is 288 g/mol. The third kappa shape index (κ3) is 2.68. The van der Waals surface area contributed by atoms with Gasteiger partial charge < -0.3 is 15.8 Å². The Kier molecular flexibility index (Phi) is 3.50. The number of hydrogen-bond acceptors (Lipinski definition) is 5. The van der Waals surface area contributed by atoms with Crippen LogP contribution in [0, 0.1) is 0 Å². The van der Waals surface area contributed by atoms with Gasteiger partial charge in [0.05, 0.1) is 23.3 Å². The first-order chi connectivity index (χ1) is 10.2. The van der Waals surface area contributed by atoms with Crippen molar-refractivity contribution in [3.8, 4) is 5.75 Å². The molecule has 0 amide bonds. The van der Waals surface area contributed by atoms with E-state index in [-0.39, 0.29) is 0 Å². The highest BCUT2D eigenvalue weighted by Crippen LogP contribution is 2.31. The van der Waals surface area contributed by atoms with E-state index in [4.69, 9.17) is 22.1 Å². The van der Waals surface area contributed by atoms with Crippen molar-refractivity contribution >= 4 is 39.7 Å². The summed E-state index contributed by atoms with van der Waals surface area (Å²) in [6.07, 6.45) is 1.49. The summed E-state index contributed by atoms with van der Waals surface area (Å²) in [5.74, 6) is 1.35. The third-order valence-electron chi connectivity index (χ3n) is 3.09. The van der Waals surface area contributed by atoms with E-state index >= 15 is 0 Å². The standard InChI is InChI=1S/C15H13ClN4O/c1-21-10-3-4-12(16)14(7-10)20-15-11-6-9(17)2-5-13(11)18-8-19-15/h2-8H,17H2,1H3,(H,18,19,20). The molecule has 1 heterocycles. The molecule has 3 aromatic rings. The summed E-state index contributed by atoms with van der Waals surface area (Å²) in [6, 6.07) is 10.8. The van der Waals surface area contributed by atoms with Crippen LogP contribution in [0.3, 0.4) is 0 Å². The van der Waals surface area contributed by atoms with Crippen LogP contribution < -0.4 is 15.8 Å². The highest BCUT2D eigenvalue weighted by molar-refractivity contribution is 6.33. The smallest absolute Gasteiger partial charge is 0.141 e. The van der Waals surface area contributed by atoms with Gasteiger partial charge in [0.25, 0.3) is 0 Å². The van der Waals surface area contributed by atoms with Gasteiger partial charge in [0.1, 0.15) is 17.9 Å². The number of nitrogens with one attached hydrogen (secondary N) is 1. The molecule has 0 unspecified atom stereocenters. The number of fused-ring (bicyclic) bond motifs is 1. The lowest BCUT2D eigenvalue weighted by atomic mass is 10.2. The zero-order valence-electron chi connectivity index (χ0n) is 11.3. The third-order valence-corrected chi connectivity index (χ3v) is 3.42. The van der Waals surface area contributed by atoms with Gasteiger partial charge in [-0.25, -0.2) is 9.97 Å². The van der Waals surface area contributed by atoms with E-state index in [1.54, 1.807) is 25.3 Å². The SMILES string of the molecule is COc1ccc(Cl)c(Nc2ncnc3ccc(N)cc23)c1. The Morgan fingerprint density at radius 3 is 2.81 bits per heavy atom. The Balaban J connectivity index is 2.08. The maximum atomic E-state index is 6.20. The second-order valence-electron chi connectivity index (χ2n) is 4.47. The van der Waals surface area contributed by atoms with Crippen LogP contribution in [0.25, 0.3) is 10.9 Å². The number of nitrogen functional groups attached to an aromatic ring is 1. The van der Waals surface area contributed by atoms with Crippen LogP contribution in [-0.4, -0.2) is 17.1 Å². The van der Waals surface area contributed by atoms with Crippen molar-refractivity contribution in [2.45, 2.75) is 0 Å². The zero-order valence-corrected chi connectivity index (χ0v) is 12.1. The lowest BCUT2D eigenvalue weighted by Crippen LogP contribution is -1.98. The predicted molar refractivity (Wildman–Crippen MR) is 85.2 cm³/mol. The van der Waals surface area contributed by atoms with E-state index in [1.165, 1.54) is 6.33 Å². The van der Waals surface area contributed by atoms with E-state index in [2.05, 4.69) is 15.3 Å². The van der Waals surface area contributed by atoms with Gasteiger partial charge in [0, 0.05) is 17.1 Å². The number of nitrogens with zero attached hydrogens (tertiary/aromatic N) is 2. The number of methoxy groups -OCH3 is 1. The molecule has 0 radical (unpaired) electrons. The summed E-state index contributed by atoms with van der Waals surface area (Å²) in [7, 11) is 1.60. The molecule has 0 fully saturated rings. The van der Waals surface area contributed by atoms with Gasteiger partial charge >= 0.3 is 0 Å². The quantitative estimate of drug-likeness (QED) is 0.723. The molecular formula is C15H13ClN4O. The van der Waals surface area contributed by atoms with E-state index in [0.29, 0.717) is 28.0 Å². The van der Waals surface area contributed by atoms with E-state index < -0.39 is 0 Å². The van der Waals surface area contributed by atoms with Crippen LogP contribution in [0.2, 0.25) is 5.02 Å². The maximum Gasteiger partial charge on any atom is 0.141 e. The van der Waals surface area contributed by atoms with Gasteiger partial charge in [-0.15, -0.1) is 0 Å². The van der Waals surface area contributed by atoms with Gasteiger partial charge in [-0.2, -0.15) is 0 Å². The number of anilines is 3. The number of ether oxygens (including phenoxy) is 1. The van der Waals surface area contributed by atoms with Crippen molar-refractivity contribution in [2.24, 2.45) is 0 Å². The lowest BCUT2D eigenvalue weighted by Gasteiger charge is -2.11. The normalized spacial score (nSPS) is 10.6. The van der Waals surface area contributed by atoms with E-state index in [0.717, 1.165) is 10.9 Å². The molecule has 0 atom stereocenters. The fourth-order valence-electron chi connectivity index (χ4n) is 2.03. The van der Waals surface area contributed by atoms with Gasteiger partial charge in [-0.1, -0.05) is 11.6 Å². The summed E-state index contributed by atoms with van der Waals surface area (Å²) >= 11 is 6.20. The minimum absolute atomic E-state index is 0.575.